The first kappa shape index (κ1) is 16.8. The Morgan fingerprint density at radius 2 is 1.69 bits per heavy atom. The Kier molecular flexibility index (Phi) is 4.75. The lowest BCUT2D eigenvalue weighted by Crippen LogP contribution is -2.30. The van der Waals surface area contributed by atoms with Gasteiger partial charge in [-0.25, -0.2) is 0 Å². The van der Waals surface area contributed by atoms with Gasteiger partial charge in [-0.3, -0.25) is 4.79 Å². The molecule has 3 aromatic rings. The molecule has 0 aromatic heterocycles. The van der Waals surface area contributed by atoms with Crippen LogP contribution in [0.3, 0.4) is 0 Å². The van der Waals surface area contributed by atoms with E-state index in [4.69, 9.17) is 0 Å². The van der Waals surface area contributed by atoms with E-state index in [9.17, 15) is 4.79 Å². The summed E-state index contributed by atoms with van der Waals surface area (Å²) in [4.78, 5) is 12.7. The smallest absolute Gasteiger partial charge is 0.138 e. The van der Waals surface area contributed by atoms with Gasteiger partial charge in [0.25, 0.3) is 0 Å². The van der Waals surface area contributed by atoms with Gasteiger partial charge in [0, 0.05) is 18.0 Å². The molecule has 0 spiro atoms. The van der Waals surface area contributed by atoms with E-state index in [0.29, 0.717) is 12.2 Å². The standard InChI is InChI=1S/C24H25NO/c1-17-13-15-19(16-14-17)25-24(22-10-4-5-12-23(22)26)21-11-6-8-18-7-2-3-9-20(18)21/h2-3,6-9,11,13-16,22,24-25H,4-5,10,12H2,1H3/t22-,24+/m0/s1. The molecule has 0 radical (unpaired) electrons. The second kappa shape index (κ2) is 7.33. The Bertz CT molecular complexity index is 908. The van der Waals surface area contributed by atoms with Crippen LogP contribution in [-0.4, -0.2) is 5.78 Å². The van der Waals surface area contributed by atoms with E-state index in [1.54, 1.807) is 0 Å². The van der Waals surface area contributed by atoms with Crippen LogP contribution in [0.4, 0.5) is 5.69 Å². The highest BCUT2D eigenvalue weighted by molar-refractivity contribution is 5.89. The molecule has 0 unspecified atom stereocenters. The number of hydrogen-bond donors (Lipinski definition) is 1. The highest BCUT2D eigenvalue weighted by Gasteiger charge is 2.32. The molecule has 4 rings (SSSR count). The van der Waals surface area contributed by atoms with E-state index in [1.807, 2.05) is 0 Å². The Balaban J connectivity index is 1.78. The maximum atomic E-state index is 12.7. The molecule has 1 aliphatic rings. The summed E-state index contributed by atoms with van der Waals surface area (Å²) < 4.78 is 0. The van der Waals surface area contributed by atoms with Crippen LogP contribution in [0.1, 0.15) is 42.9 Å². The molecule has 0 saturated heterocycles. The number of fused-ring (bicyclic) bond motifs is 1. The predicted molar refractivity (Wildman–Crippen MR) is 108 cm³/mol. The van der Waals surface area contributed by atoms with Gasteiger partial charge in [-0.15, -0.1) is 0 Å². The van der Waals surface area contributed by atoms with Crippen molar-refractivity contribution in [3.63, 3.8) is 0 Å². The zero-order chi connectivity index (χ0) is 17.9. The van der Waals surface area contributed by atoms with Crippen molar-refractivity contribution in [2.24, 2.45) is 5.92 Å². The van der Waals surface area contributed by atoms with Crippen molar-refractivity contribution in [2.45, 2.75) is 38.6 Å². The Morgan fingerprint density at radius 3 is 2.50 bits per heavy atom. The zero-order valence-corrected chi connectivity index (χ0v) is 15.2. The van der Waals surface area contributed by atoms with E-state index in [1.165, 1.54) is 21.9 Å². The number of anilines is 1. The largest absolute Gasteiger partial charge is 0.377 e. The van der Waals surface area contributed by atoms with Crippen molar-refractivity contribution in [3.8, 4) is 0 Å². The number of aryl methyl sites for hydroxylation is 1. The maximum Gasteiger partial charge on any atom is 0.138 e. The fraction of sp³-hybridized carbons (Fsp3) is 0.292. The molecule has 26 heavy (non-hydrogen) atoms. The lowest BCUT2D eigenvalue weighted by molar-refractivity contribution is -0.125. The number of ketones is 1. The molecule has 0 heterocycles. The molecule has 2 nitrogen and oxygen atoms in total. The van der Waals surface area contributed by atoms with Crippen LogP contribution in [0.15, 0.2) is 66.7 Å². The van der Waals surface area contributed by atoms with Crippen molar-refractivity contribution in [1.29, 1.82) is 0 Å². The molecule has 0 bridgehead atoms. The van der Waals surface area contributed by atoms with E-state index in [2.05, 4.69) is 79.0 Å². The summed E-state index contributed by atoms with van der Waals surface area (Å²) in [7, 11) is 0. The summed E-state index contributed by atoms with van der Waals surface area (Å²) in [6.07, 6.45) is 3.84. The predicted octanol–water partition coefficient (Wildman–Crippen LogP) is 6.06. The van der Waals surface area contributed by atoms with Crippen LogP contribution in [-0.2, 0) is 4.79 Å². The van der Waals surface area contributed by atoms with Gasteiger partial charge in [0.2, 0.25) is 0 Å². The minimum absolute atomic E-state index is 0.0107. The van der Waals surface area contributed by atoms with Gasteiger partial charge < -0.3 is 5.32 Å². The maximum absolute atomic E-state index is 12.7. The minimum atomic E-state index is 0.0107. The third-order valence-corrected chi connectivity index (χ3v) is 5.54. The molecular formula is C24H25NO. The Labute approximate surface area is 155 Å². The molecule has 2 atom stereocenters. The van der Waals surface area contributed by atoms with Gasteiger partial charge in [-0.05, 0) is 48.2 Å². The molecule has 132 valence electrons. The molecular weight excluding hydrogens is 318 g/mol. The molecule has 2 heteroatoms. The first-order valence-electron chi connectivity index (χ1n) is 9.56. The third-order valence-electron chi connectivity index (χ3n) is 5.54. The van der Waals surface area contributed by atoms with E-state index in [-0.39, 0.29) is 12.0 Å². The summed E-state index contributed by atoms with van der Waals surface area (Å²) in [5.41, 5.74) is 3.54. The number of nitrogens with one attached hydrogen (secondary N) is 1. The number of carbonyl (C=O) groups excluding carboxylic acids is 1. The highest BCUT2D eigenvalue weighted by Crippen LogP contribution is 2.37. The van der Waals surface area contributed by atoms with Crippen LogP contribution < -0.4 is 5.32 Å². The van der Waals surface area contributed by atoms with Crippen LogP contribution in [0.2, 0.25) is 0 Å². The summed E-state index contributed by atoms with van der Waals surface area (Å²) in [6.45, 7) is 2.09. The number of Topliss-reactive ketones (excluding diaryl/α,β-unsaturated/α-hetero) is 1. The van der Waals surface area contributed by atoms with Gasteiger partial charge in [0.1, 0.15) is 5.78 Å². The van der Waals surface area contributed by atoms with Gasteiger partial charge in [0.05, 0.1) is 6.04 Å². The van der Waals surface area contributed by atoms with Crippen LogP contribution in [0, 0.1) is 12.8 Å². The number of carbonyl (C=O) groups is 1. The van der Waals surface area contributed by atoms with Gasteiger partial charge >= 0.3 is 0 Å². The fourth-order valence-electron chi connectivity index (χ4n) is 4.11. The quantitative estimate of drug-likeness (QED) is 0.624. The van der Waals surface area contributed by atoms with E-state index in [0.717, 1.165) is 24.9 Å². The fourth-order valence-corrected chi connectivity index (χ4v) is 4.11. The minimum Gasteiger partial charge on any atom is -0.377 e. The number of rotatable bonds is 4. The van der Waals surface area contributed by atoms with Crippen molar-refractivity contribution in [1.82, 2.24) is 0 Å². The first-order chi connectivity index (χ1) is 12.7. The van der Waals surface area contributed by atoms with Gasteiger partial charge in [-0.2, -0.15) is 0 Å². The van der Waals surface area contributed by atoms with Crippen molar-refractivity contribution in [3.05, 3.63) is 77.9 Å². The molecule has 0 aliphatic heterocycles. The monoisotopic (exact) mass is 343 g/mol. The van der Waals surface area contributed by atoms with Crippen molar-refractivity contribution in [2.75, 3.05) is 5.32 Å². The van der Waals surface area contributed by atoms with Crippen LogP contribution in [0.5, 0.6) is 0 Å². The normalized spacial score (nSPS) is 18.7. The Hall–Kier alpha value is -2.61. The second-order valence-electron chi connectivity index (χ2n) is 7.37. The molecule has 0 amide bonds. The van der Waals surface area contributed by atoms with Gasteiger partial charge in [0.15, 0.2) is 0 Å². The Morgan fingerprint density at radius 1 is 0.923 bits per heavy atom. The van der Waals surface area contributed by atoms with Gasteiger partial charge in [-0.1, -0.05) is 66.6 Å². The molecule has 1 saturated carbocycles. The topological polar surface area (TPSA) is 29.1 Å². The molecule has 1 fully saturated rings. The molecule has 3 aromatic carbocycles. The first-order valence-corrected chi connectivity index (χ1v) is 9.56. The average Bonchev–Trinajstić information content (AvgIpc) is 2.68. The lowest BCUT2D eigenvalue weighted by atomic mass is 9.79. The summed E-state index contributed by atoms with van der Waals surface area (Å²) in [5, 5.41) is 6.15. The summed E-state index contributed by atoms with van der Waals surface area (Å²) >= 11 is 0. The molecule has 1 aliphatic carbocycles. The van der Waals surface area contributed by atoms with Crippen LogP contribution in [0.25, 0.3) is 10.8 Å². The molecule has 1 N–H and O–H groups in total. The SMILES string of the molecule is Cc1ccc(N[C@H](c2cccc3ccccc23)[C@H]2CCCCC2=O)cc1. The van der Waals surface area contributed by atoms with Crippen molar-refractivity contribution >= 4 is 22.2 Å². The second-order valence-corrected chi connectivity index (χ2v) is 7.37. The van der Waals surface area contributed by atoms with Crippen LogP contribution >= 0.6 is 0 Å². The summed E-state index contributed by atoms with van der Waals surface area (Å²) in [5.74, 6) is 0.435. The van der Waals surface area contributed by atoms with Crippen molar-refractivity contribution < 1.29 is 4.79 Å². The number of hydrogen-bond acceptors (Lipinski definition) is 2. The number of benzene rings is 3. The lowest BCUT2D eigenvalue weighted by Gasteiger charge is -2.32. The summed E-state index contributed by atoms with van der Waals surface area (Å²) in [6, 6.07) is 23.4. The van der Waals surface area contributed by atoms with E-state index < -0.39 is 0 Å². The highest BCUT2D eigenvalue weighted by atomic mass is 16.1. The van der Waals surface area contributed by atoms with E-state index >= 15 is 0 Å². The average molecular weight is 343 g/mol. The third kappa shape index (κ3) is 3.37. The zero-order valence-electron chi connectivity index (χ0n) is 15.2.